The third-order valence-corrected chi connectivity index (χ3v) is 11.3. The minimum absolute atomic E-state index is 0.0483. The summed E-state index contributed by atoms with van der Waals surface area (Å²) in [7, 11) is 0. The molecule has 0 aliphatic heterocycles. The summed E-state index contributed by atoms with van der Waals surface area (Å²) in [5.74, 6) is 0. The van der Waals surface area contributed by atoms with Gasteiger partial charge in [0.1, 0.15) is 0 Å². The Morgan fingerprint density at radius 3 is 1.18 bits per heavy atom. The molecule has 0 nitrogen and oxygen atoms in total. The molecule has 0 amide bonds. The van der Waals surface area contributed by atoms with Crippen LogP contribution in [0, 0.1) is 13.8 Å². The van der Waals surface area contributed by atoms with Crippen LogP contribution in [0.1, 0.15) is 74.9 Å². The molecular formula is C55H56Zr. The molecular weight excluding hydrogens is 752 g/mol. The number of fused-ring (bicyclic) bond motifs is 3. The minimum atomic E-state index is 0.0483. The van der Waals surface area contributed by atoms with Crippen LogP contribution in [0.2, 0.25) is 0 Å². The summed E-state index contributed by atoms with van der Waals surface area (Å²) in [6, 6.07) is 61.5. The Morgan fingerprint density at radius 2 is 0.857 bits per heavy atom. The van der Waals surface area contributed by atoms with E-state index >= 15 is 0 Å². The van der Waals surface area contributed by atoms with E-state index < -0.39 is 0 Å². The van der Waals surface area contributed by atoms with Crippen molar-refractivity contribution >= 4 is 24.8 Å². The molecule has 1 heteroatoms. The second-order valence-corrected chi connectivity index (χ2v) is 19.0. The molecule has 0 aromatic heterocycles. The van der Waals surface area contributed by atoms with Crippen molar-refractivity contribution < 1.29 is 24.2 Å². The summed E-state index contributed by atoms with van der Waals surface area (Å²) in [6.07, 6.45) is 2.24. The largest absolute Gasteiger partial charge is 0.214 e. The third-order valence-electron chi connectivity index (χ3n) is 10.4. The molecule has 0 fully saturated rings. The number of rotatable bonds is 6. The number of benzene rings is 6. The van der Waals surface area contributed by atoms with Gasteiger partial charge >= 0.3 is 112 Å². The van der Waals surface area contributed by atoms with Gasteiger partial charge in [-0.05, 0) is 58.1 Å². The Labute approximate surface area is 351 Å². The van der Waals surface area contributed by atoms with Gasteiger partial charge in [0.15, 0.2) is 0 Å². The topological polar surface area (TPSA) is 0 Å². The zero-order chi connectivity index (χ0) is 39.9. The molecule has 0 aliphatic carbocycles. The van der Waals surface area contributed by atoms with E-state index in [2.05, 4.69) is 195 Å². The smallest absolute Gasteiger partial charge is 0.172 e. The van der Waals surface area contributed by atoms with Crippen molar-refractivity contribution in [3.05, 3.63) is 203 Å². The summed E-state index contributed by atoms with van der Waals surface area (Å²) in [6.45, 7) is 18.3. The first-order chi connectivity index (χ1) is 26.8. The van der Waals surface area contributed by atoms with Crippen LogP contribution >= 0.6 is 0 Å². The van der Waals surface area contributed by atoms with Crippen LogP contribution in [0.3, 0.4) is 0 Å². The van der Waals surface area contributed by atoms with E-state index in [1.165, 1.54) is 77.2 Å². The van der Waals surface area contributed by atoms with E-state index in [0.717, 1.165) is 12.8 Å². The fourth-order valence-electron chi connectivity index (χ4n) is 7.36. The van der Waals surface area contributed by atoms with E-state index in [1.54, 1.807) is 27.4 Å². The predicted octanol–water partition coefficient (Wildman–Crippen LogP) is 14.9. The second-order valence-electron chi connectivity index (χ2n) is 17.2. The zero-order valence-electron chi connectivity index (χ0n) is 34.6. The van der Waals surface area contributed by atoms with E-state index in [-0.39, 0.29) is 10.8 Å². The number of hydrogen-bond donors (Lipinski definition) is 0. The van der Waals surface area contributed by atoms with Gasteiger partial charge in [0.2, 0.25) is 0 Å². The Kier molecular flexibility index (Phi) is 13.2. The van der Waals surface area contributed by atoms with Gasteiger partial charge in [-0.15, -0.1) is 39.7 Å². The van der Waals surface area contributed by atoms with Gasteiger partial charge in [-0.1, -0.05) is 113 Å². The summed E-state index contributed by atoms with van der Waals surface area (Å²) in [5, 5.41) is 5.37. The summed E-state index contributed by atoms with van der Waals surface area (Å²) in [5.41, 5.74) is 13.6. The fourth-order valence-corrected chi connectivity index (χ4v) is 8.36. The predicted molar refractivity (Wildman–Crippen MR) is 242 cm³/mol. The Bertz CT molecular complexity index is 2280. The molecule has 56 heavy (non-hydrogen) atoms. The molecule has 8 aromatic carbocycles. The van der Waals surface area contributed by atoms with Crippen LogP contribution in [-0.2, 0) is 47.9 Å². The molecule has 8 aromatic rings. The zero-order valence-corrected chi connectivity index (χ0v) is 37.0. The minimum Gasteiger partial charge on any atom is -0.214 e. The number of aryl methyl sites for hydroxylation is 2. The molecule has 0 bridgehead atoms. The van der Waals surface area contributed by atoms with Crippen LogP contribution in [-0.4, -0.2) is 3.21 Å². The van der Waals surface area contributed by atoms with Crippen molar-refractivity contribution in [1.82, 2.24) is 0 Å². The van der Waals surface area contributed by atoms with Gasteiger partial charge < -0.3 is 0 Å². The molecule has 0 atom stereocenters. The van der Waals surface area contributed by atoms with Crippen molar-refractivity contribution in [2.45, 2.75) is 79.1 Å². The molecule has 8 rings (SSSR count). The Morgan fingerprint density at radius 1 is 0.482 bits per heavy atom. The van der Waals surface area contributed by atoms with Gasteiger partial charge in [0.05, 0.1) is 0 Å². The third kappa shape index (κ3) is 10.6. The van der Waals surface area contributed by atoms with Gasteiger partial charge in [-0.3, -0.25) is 0 Å². The van der Waals surface area contributed by atoms with Crippen LogP contribution in [0.4, 0.5) is 0 Å². The molecule has 0 spiro atoms. The molecule has 0 unspecified atom stereocenters. The maximum Gasteiger partial charge on any atom is -0.172 e. The average Bonchev–Trinajstić information content (AvgIpc) is 3.87. The fraction of sp³-hybridized carbons (Fsp3) is 0.218. The second kappa shape index (κ2) is 18.0. The monoisotopic (exact) mass is 806 g/mol. The van der Waals surface area contributed by atoms with Crippen molar-refractivity contribution in [3.8, 4) is 22.3 Å². The SMILES string of the molecule is Cc1ccc(-c2cc3[cH-]c4cc(-c5ccc(C)cc5)c(C(C)(C)C)cc4c3cc2C(C)(C)C)cc1.[Zr+2]=[C](Cc1ccccc1)Cc1ccccc1.c1cc[cH-]c1. The van der Waals surface area contributed by atoms with E-state index in [1.807, 2.05) is 30.3 Å². The van der Waals surface area contributed by atoms with Crippen LogP contribution in [0.25, 0.3) is 43.8 Å². The van der Waals surface area contributed by atoms with Crippen molar-refractivity contribution in [2.75, 3.05) is 0 Å². The van der Waals surface area contributed by atoms with Gasteiger partial charge in [0.25, 0.3) is 0 Å². The maximum atomic E-state index is 2.46. The van der Waals surface area contributed by atoms with E-state index in [9.17, 15) is 0 Å². The quantitative estimate of drug-likeness (QED) is 0.147. The van der Waals surface area contributed by atoms with Crippen LogP contribution in [0.5, 0.6) is 0 Å². The summed E-state index contributed by atoms with van der Waals surface area (Å²) >= 11 is 1.55. The van der Waals surface area contributed by atoms with Gasteiger partial charge in [0, 0.05) is 0 Å². The molecule has 0 aliphatic rings. The summed E-state index contributed by atoms with van der Waals surface area (Å²) < 4.78 is 1.60. The maximum absolute atomic E-state index is 2.46. The molecule has 0 radical (unpaired) electrons. The standard InChI is InChI=1S/C35H37.C15H14.C5H5.Zr/c1-22-9-13-24(14-10-22)30-18-26-17-27-19-31(25-15-11-23(2)12-16-25)33(35(6,7)8)21-29(27)28(26)20-32(30)34(3,4)5;1-3-8-14(9-4-1)12-7-13-15-10-5-2-6-11-15;1-2-4-5-3-1;/h9-21H,1-8H3;1-6,8-11H,12-13H2;1-5H;/q-1;;-1;+2. The average molecular weight is 808 g/mol. The van der Waals surface area contributed by atoms with Crippen molar-refractivity contribution in [1.29, 1.82) is 0 Å². The Balaban J connectivity index is 0.000000207. The van der Waals surface area contributed by atoms with Crippen molar-refractivity contribution in [3.63, 3.8) is 0 Å². The molecule has 0 N–H and O–H groups in total. The van der Waals surface area contributed by atoms with Crippen molar-refractivity contribution in [2.24, 2.45) is 0 Å². The first-order valence-corrected chi connectivity index (χ1v) is 21.2. The van der Waals surface area contributed by atoms with E-state index in [4.69, 9.17) is 0 Å². The molecule has 0 heterocycles. The number of hydrogen-bond acceptors (Lipinski definition) is 0. The van der Waals surface area contributed by atoms with E-state index in [0.29, 0.717) is 0 Å². The normalized spacial score (nSPS) is 11.5. The first-order valence-electron chi connectivity index (χ1n) is 19.9. The Hall–Kier alpha value is -4.71. The molecule has 0 saturated heterocycles. The summed E-state index contributed by atoms with van der Waals surface area (Å²) in [4.78, 5) is 0. The molecule has 0 saturated carbocycles. The van der Waals surface area contributed by atoms with Crippen LogP contribution < -0.4 is 0 Å². The van der Waals surface area contributed by atoms with Gasteiger partial charge in [-0.25, -0.2) is 12.1 Å². The van der Waals surface area contributed by atoms with Crippen LogP contribution in [0.15, 0.2) is 170 Å². The van der Waals surface area contributed by atoms with Gasteiger partial charge in [-0.2, -0.15) is 18.2 Å². The first kappa shape index (κ1) is 40.9. The molecule has 280 valence electrons.